The van der Waals surface area contributed by atoms with E-state index >= 15 is 0 Å². The second kappa shape index (κ2) is 4.68. The minimum Gasteiger partial charge on any atom is -0.479 e. The predicted octanol–water partition coefficient (Wildman–Crippen LogP) is 1.52. The molecular weight excluding hydrogens is 194 g/mol. The van der Waals surface area contributed by atoms with Gasteiger partial charge in [-0.15, -0.1) is 0 Å². The minimum absolute atomic E-state index is 0.406. The van der Waals surface area contributed by atoms with Crippen molar-refractivity contribution < 1.29 is 14.3 Å². The van der Waals surface area contributed by atoms with Gasteiger partial charge in [0.05, 0.1) is 7.11 Å². The average molecular weight is 209 g/mol. The molecule has 1 atom stereocenters. The van der Waals surface area contributed by atoms with Crippen LogP contribution in [0.4, 0.5) is 5.69 Å². The van der Waals surface area contributed by atoms with Crippen LogP contribution in [0.5, 0.6) is 5.75 Å². The van der Waals surface area contributed by atoms with E-state index in [1.165, 1.54) is 7.11 Å². The van der Waals surface area contributed by atoms with E-state index < -0.39 is 12.1 Å². The van der Waals surface area contributed by atoms with Gasteiger partial charge in [0.1, 0.15) is 5.75 Å². The monoisotopic (exact) mass is 209 g/mol. The quantitative estimate of drug-likeness (QED) is 0.605. The Morgan fingerprint density at radius 2 is 2.13 bits per heavy atom. The molecule has 0 amide bonds. The van der Waals surface area contributed by atoms with Crippen LogP contribution in [0.15, 0.2) is 18.2 Å². The number of benzene rings is 1. The zero-order valence-corrected chi connectivity index (χ0v) is 9.11. The first-order valence-corrected chi connectivity index (χ1v) is 4.65. The van der Waals surface area contributed by atoms with Gasteiger partial charge < -0.3 is 15.2 Å². The number of ether oxygens (including phenoxy) is 2. The molecule has 4 nitrogen and oxygen atoms in total. The normalized spacial score (nSPS) is 11.9. The molecule has 0 aromatic heterocycles. The Morgan fingerprint density at radius 1 is 1.47 bits per heavy atom. The van der Waals surface area contributed by atoms with Crippen LogP contribution in [-0.4, -0.2) is 19.2 Å². The SMILES string of the molecule is COC(=O)C(C)Oc1cc(N)ccc1C. The van der Waals surface area contributed by atoms with Gasteiger partial charge in [0.15, 0.2) is 6.10 Å². The maximum absolute atomic E-state index is 11.1. The summed E-state index contributed by atoms with van der Waals surface area (Å²) < 4.78 is 9.98. The number of carbonyl (C=O) groups is 1. The summed E-state index contributed by atoms with van der Waals surface area (Å²) in [6, 6.07) is 5.31. The molecule has 2 N–H and O–H groups in total. The van der Waals surface area contributed by atoms with Crippen molar-refractivity contribution in [3.63, 3.8) is 0 Å². The second-order valence-electron chi connectivity index (χ2n) is 3.31. The van der Waals surface area contributed by atoms with Crippen LogP contribution in [0.3, 0.4) is 0 Å². The lowest BCUT2D eigenvalue weighted by Crippen LogP contribution is -2.25. The number of hydrogen-bond acceptors (Lipinski definition) is 4. The number of esters is 1. The highest BCUT2D eigenvalue weighted by atomic mass is 16.6. The number of rotatable bonds is 3. The van der Waals surface area contributed by atoms with Crippen LogP contribution in [0, 0.1) is 6.92 Å². The highest BCUT2D eigenvalue weighted by Crippen LogP contribution is 2.22. The lowest BCUT2D eigenvalue weighted by Gasteiger charge is -2.14. The minimum atomic E-state index is -0.629. The summed E-state index contributed by atoms with van der Waals surface area (Å²) in [4.78, 5) is 11.1. The third-order valence-electron chi connectivity index (χ3n) is 2.05. The number of carbonyl (C=O) groups excluding carboxylic acids is 1. The van der Waals surface area contributed by atoms with Crippen LogP contribution >= 0.6 is 0 Å². The molecular formula is C11H15NO3. The molecule has 0 aliphatic carbocycles. The van der Waals surface area contributed by atoms with Gasteiger partial charge in [-0.1, -0.05) is 6.07 Å². The van der Waals surface area contributed by atoms with Crippen LogP contribution < -0.4 is 10.5 Å². The van der Waals surface area contributed by atoms with Crippen LogP contribution in [0.1, 0.15) is 12.5 Å². The first-order chi connectivity index (χ1) is 7.04. The molecule has 0 saturated carbocycles. The first-order valence-electron chi connectivity index (χ1n) is 4.65. The van der Waals surface area contributed by atoms with E-state index in [-0.39, 0.29) is 0 Å². The summed E-state index contributed by atoms with van der Waals surface area (Å²) in [5.74, 6) is 0.199. The van der Waals surface area contributed by atoms with Gasteiger partial charge >= 0.3 is 5.97 Å². The summed E-state index contributed by atoms with van der Waals surface area (Å²) in [5, 5.41) is 0. The Morgan fingerprint density at radius 3 is 2.73 bits per heavy atom. The number of hydrogen-bond donors (Lipinski definition) is 1. The van der Waals surface area contributed by atoms with Crippen molar-refractivity contribution in [2.75, 3.05) is 12.8 Å². The first kappa shape index (κ1) is 11.4. The fraction of sp³-hybridized carbons (Fsp3) is 0.364. The molecule has 0 fully saturated rings. The van der Waals surface area contributed by atoms with Crippen molar-refractivity contribution in [1.29, 1.82) is 0 Å². The van der Waals surface area contributed by atoms with Crippen molar-refractivity contribution in [1.82, 2.24) is 0 Å². The smallest absolute Gasteiger partial charge is 0.346 e. The van der Waals surface area contributed by atoms with E-state index in [0.29, 0.717) is 11.4 Å². The Hall–Kier alpha value is -1.71. The largest absolute Gasteiger partial charge is 0.479 e. The van der Waals surface area contributed by atoms with Crippen molar-refractivity contribution >= 4 is 11.7 Å². The zero-order valence-electron chi connectivity index (χ0n) is 9.11. The van der Waals surface area contributed by atoms with Crippen molar-refractivity contribution in [2.45, 2.75) is 20.0 Å². The molecule has 1 aromatic rings. The number of nitrogens with two attached hydrogens (primary N) is 1. The topological polar surface area (TPSA) is 61.5 Å². The van der Waals surface area contributed by atoms with E-state index in [1.54, 1.807) is 19.1 Å². The van der Waals surface area contributed by atoms with Gasteiger partial charge in [0.25, 0.3) is 0 Å². The molecule has 0 aliphatic rings. The van der Waals surface area contributed by atoms with Crippen LogP contribution in [0.25, 0.3) is 0 Å². The van der Waals surface area contributed by atoms with E-state index in [1.807, 2.05) is 13.0 Å². The third kappa shape index (κ3) is 2.87. The fourth-order valence-electron chi connectivity index (χ4n) is 1.15. The zero-order chi connectivity index (χ0) is 11.4. The van der Waals surface area contributed by atoms with Gasteiger partial charge in [-0.2, -0.15) is 0 Å². The molecule has 0 radical (unpaired) electrons. The summed E-state index contributed by atoms with van der Waals surface area (Å²) in [6.45, 7) is 3.52. The molecule has 1 aromatic carbocycles. The van der Waals surface area contributed by atoms with E-state index in [4.69, 9.17) is 10.5 Å². The fourth-order valence-corrected chi connectivity index (χ4v) is 1.15. The molecule has 0 saturated heterocycles. The summed E-state index contributed by atoms with van der Waals surface area (Å²) in [7, 11) is 1.33. The Balaban J connectivity index is 2.80. The van der Waals surface area contributed by atoms with Crippen molar-refractivity contribution in [2.24, 2.45) is 0 Å². The summed E-state index contributed by atoms with van der Waals surface area (Å²) in [5.41, 5.74) is 7.15. The highest BCUT2D eigenvalue weighted by molar-refractivity contribution is 5.74. The number of methoxy groups -OCH3 is 1. The molecule has 1 unspecified atom stereocenters. The van der Waals surface area contributed by atoms with E-state index in [0.717, 1.165) is 5.56 Å². The van der Waals surface area contributed by atoms with E-state index in [9.17, 15) is 4.79 Å². The van der Waals surface area contributed by atoms with Gasteiger partial charge in [0.2, 0.25) is 0 Å². The van der Waals surface area contributed by atoms with Gasteiger partial charge in [-0.25, -0.2) is 4.79 Å². The molecule has 0 bridgehead atoms. The maximum atomic E-state index is 11.1. The highest BCUT2D eigenvalue weighted by Gasteiger charge is 2.15. The third-order valence-corrected chi connectivity index (χ3v) is 2.05. The molecule has 0 spiro atoms. The summed E-state index contributed by atoms with van der Waals surface area (Å²) >= 11 is 0. The van der Waals surface area contributed by atoms with Crippen LogP contribution in [0.2, 0.25) is 0 Å². The molecule has 0 aliphatic heterocycles. The molecule has 0 heterocycles. The molecule has 4 heteroatoms. The van der Waals surface area contributed by atoms with Gasteiger partial charge in [-0.05, 0) is 25.5 Å². The van der Waals surface area contributed by atoms with E-state index in [2.05, 4.69) is 4.74 Å². The number of aryl methyl sites for hydroxylation is 1. The lowest BCUT2D eigenvalue weighted by molar-refractivity contribution is -0.147. The maximum Gasteiger partial charge on any atom is 0.346 e. The van der Waals surface area contributed by atoms with Gasteiger partial charge in [0, 0.05) is 11.8 Å². The number of anilines is 1. The Labute approximate surface area is 89.0 Å². The summed E-state index contributed by atoms with van der Waals surface area (Å²) in [6.07, 6.45) is -0.629. The van der Waals surface area contributed by atoms with Gasteiger partial charge in [-0.3, -0.25) is 0 Å². The molecule has 15 heavy (non-hydrogen) atoms. The molecule has 1 rings (SSSR count). The second-order valence-corrected chi connectivity index (χ2v) is 3.31. The van der Waals surface area contributed by atoms with Crippen molar-refractivity contribution in [3.05, 3.63) is 23.8 Å². The van der Waals surface area contributed by atoms with Crippen LogP contribution in [-0.2, 0) is 9.53 Å². The average Bonchev–Trinajstić information content (AvgIpc) is 2.22. The predicted molar refractivity (Wildman–Crippen MR) is 57.7 cm³/mol. The lowest BCUT2D eigenvalue weighted by atomic mass is 10.2. The standard InChI is InChI=1S/C11H15NO3/c1-7-4-5-9(12)6-10(7)15-8(2)11(13)14-3/h4-6,8H,12H2,1-3H3. The number of nitrogen functional groups attached to an aromatic ring is 1. The van der Waals surface area contributed by atoms with Crippen molar-refractivity contribution in [3.8, 4) is 5.75 Å². The molecule has 82 valence electrons. The Bertz CT molecular complexity index is 363. The Kier molecular flexibility index (Phi) is 3.55.